The number of aliphatic hydroxyl groups is 1. The Morgan fingerprint density at radius 3 is 1.96 bits per heavy atom. The summed E-state index contributed by atoms with van der Waals surface area (Å²) in [6, 6.07) is 7.54. The van der Waals surface area contributed by atoms with E-state index in [1.54, 1.807) is 0 Å². The van der Waals surface area contributed by atoms with E-state index in [0.29, 0.717) is 5.56 Å². The Morgan fingerprint density at radius 2 is 1.50 bits per heavy atom. The molecule has 2 heterocycles. The van der Waals surface area contributed by atoms with Crippen LogP contribution >= 0.6 is 0 Å². The maximum absolute atomic E-state index is 12.7. The lowest BCUT2D eigenvalue weighted by Crippen LogP contribution is -2.45. The molecule has 1 aliphatic rings. The second kappa shape index (κ2) is 5.94. The largest absolute Gasteiger partial charge is 0.458 e. The quantitative estimate of drug-likeness (QED) is 0.813. The maximum atomic E-state index is 12.7. The summed E-state index contributed by atoms with van der Waals surface area (Å²) in [6.45, 7) is 0. The minimum absolute atomic E-state index is 0.116. The molecule has 0 saturated carbocycles. The van der Waals surface area contributed by atoms with Crippen LogP contribution in [0, 0.1) is 0 Å². The average Bonchev–Trinajstić information content (AvgIpc) is 2.98. The second-order valence-corrected chi connectivity index (χ2v) is 5.47. The molecule has 0 bridgehead atoms. The molecule has 0 amide bonds. The number of rotatable bonds is 2. The zero-order valence-corrected chi connectivity index (χ0v) is 12.6. The van der Waals surface area contributed by atoms with Gasteiger partial charge in [0.05, 0.1) is 17.8 Å². The molecule has 1 aliphatic heterocycles. The van der Waals surface area contributed by atoms with Crippen LogP contribution in [0.25, 0.3) is 11.3 Å². The highest BCUT2D eigenvalue weighted by Gasteiger charge is 2.60. The lowest BCUT2D eigenvalue weighted by atomic mass is 10.0. The molecule has 11 heteroatoms. The van der Waals surface area contributed by atoms with Crippen molar-refractivity contribution < 1.29 is 36.3 Å². The van der Waals surface area contributed by atoms with E-state index in [1.807, 2.05) is 0 Å². The molecule has 1 aromatic heterocycles. The predicted molar refractivity (Wildman–Crippen MR) is 75.7 cm³/mol. The molecular weight excluding hydrogens is 368 g/mol. The van der Waals surface area contributed by atoms with Crippen molar-refractivity contribution in [1.29, 1.82) is 0 Å². The number of alkyl halides is 6. The summed E-state index contributed by atoms with van der Waals surface area (Å²) in [4.78, 5) is 4.12. The zero-order valence-electron chi connectivity index (χ0n) is 12.6. The molecular formula is C15H9F6N3O2. The third-order valence-electron chi connectivity index (χ3n) is 3.63. The van der Waals surface area contributed by atoms with Crippen LogP contribution in [-0.2, 0) is 11.0 Å². The number of halogens is 6. The number of aromatic nitrogens is 2. The van der Waals surface area contributed by atoms with Gasteiger partial charge in [-0.1, -0.05) is 29.4 Å². The fraction of sp³-hybridized carbons (Fsp3) is 0.267. The zero-order chi connectivity index (χ0) is 19.2. The molecule has 0 spiro atoms. The third kappa shape index (κ3) is 3.34. The van der Waals surface area contributed by atoms with Crippen LogP contribution < -0.4 is 0 Å². The summed E-state index contributed by atoms with van der Waals surface area (Å²) in [6.07, 6.45) is -10.5. The van der Waals surface area contributed by atoms with Crippen molar-refractivity contribution in [2.75, 3.05) is 0 Å². The van der Waals surface area contributed by atoms with Gasteiger partial charge in [0.25, 0.3) is 0 Å². The van der Waals surface area contributed by atoms with Crippen LogP contribution in [0.2, 0.25) is 0 Å². The van der Waals surface area contributed by atoms with E-state index < -0.39 is 30.3 Å². The van der Waals surface area contributed by atoms with Gasteiger partial charge in [0.15, 0.2) is 5.69 Å². The molecule has 2 aromatic rings. The normalized spacial score (nSPS) is 20.7. The first kappa shape index (κ1) is 18.1. The van der Waals surface area contributed by atoms with E-state index in [0.717, 1.165) is 12.1 Å². The van der Waals surface area contributed by atoms with Gasteiger partial charge < -0.3 is 9.94 Å². The summed E-state index contributed by atoms with van der Waals surface area (Å²) in [7, 11) is 0. The van der Waals surface area contributed by atoms with Crippen molar-refractivity contribution >= 4 is 5.71 Å². The van der Waals surface area contributed by atoms with Crippen molar-refractivity contribution in [2.24, 2.45) is 5.16 Å². The highest BCUT2D eigenvalue weighted by Crippen LogP contribution is 2.39. The molecule has 3 rings (SSSR count). The third-order valence-corrected chi connectivity index (χ3v) is 3.63. The van der Waals surface area contributed by atoms with Crippen LogP contribution in [0.5, 0.6) is 0 Å². The summed E-state index contributed by atoms with van der Waals surface area (Å²) in [5, 5.41) is 19.3. The van der Waals surface area contributed by atoms with Crippen molar-refractivity contribution in [3.8, 4) is 11.3 Å². The van der Waals surface area contributed by atoms with E-state index in [2.05, 4.69) is 20.2 Å². The summed E-state index contributed by atoms with van der Waals surface area (Å²) < 4.78 is 75.5. The molecule has 0 fully saturated rings. The van der Waals surface area contributed by atoms with Crippen LogP contribution in [0.4, 0.5) is 26.3 Å². The Labute approximate surface area is 141 Å². The number of oxime groups is 1. The molecule has 138 valence electrons. The van der Waals surface area contributed by atoms with E-state index >= 15 is 0 Å². The van der Waals surface area contributed by atoms with Crippen LogP contribution in [-0.4, -0.2) is 33.0 Å². The summed E-state index contributed by atoms with van der Waals surface area (Å²) in [5.41, 5.74) is -0.438. The van der Waals surface area contributed by atoms with Crippen LogP contribution in [0.3, 0.4) is 0 Å². The molecule has 0 radical (unpaired) electrons. The number of nitrogens with zero attached hydrogens (tertiary/aromatic N) is 3. The monoisotopic (exact) mass is 377 g/mol. The Bertz CT molecular complexity index is 830. The lowest BCUT2D eigenvalue weighted by Gasteiger charge is -2.22. The first-order valence-electron chi connectivity index (χ1n) is 7.05. The molecule has 0 saturated heterocycles. The topological polar surface area (TPSA) is 67.6 Å². The molecule has 26 heavy (non-hydrogen) atoms. The molecule has 1 aromatic carbocycles. The summed E-state index contributed by atoms with van der Waals surface area (Å²) in [5.74, 6) is -3.38. The van der Waals surface area contributed by atoms with Gasteiger partial charge in [0.1, 0.15) is 0 Å². The Balaban J connectivity index is 1.78. The van der Waals surface area contributed by atoms with Gasteiger partial charge in [-0.2, -0.15) is 26.3 Å². The number of benzene rings is 1. The van der Waals surface area contributed by atoms with Gasteiger partial charge in [-0.3, -0.25) is 0 Å². The Morgan fingerprint density at radius 1 is 0.885 bits per heavy atom. The first-order chi connectivity index (χ1) is 12.0. The minimum Gasteiger partial charge on any atom is -0.350 e. The van der Waals surface area contributed by atoms with E-state index in [9.17, 15) is 31.4 Å². The molecule has 0 aliphatic carbocycles. The smallest absolute Gasteiger partial charge is 0.350 e. The number of hydrogen-bond donors (Lipinski definition) is 1. The SMILES string of the molecule is OC1(C(F)(F)F)CC(c2ccc(-c3ccc(C(F)(F)F)nn3)cc2)=NO1. The van der Waals surface area contributed by atoms with Gasteiger partial charge in [0.2, 0.25) is 0 Å². The summed E-state index contributed by atoms with van der Waals surface area (Å²) >= 11 is 0. The van der Waals surface area contributed by atoms with Gasteiger partial charge in [-0.15, -0.1) is 10.2 Å². The Hall–Kier alpha value is -2.69. The van der Waals surface area contributed by atoms with Crippen molar-refractivity contribution in [2.45, 2.75) is 24.6 Å². The maximum Gasteiger partial charge on any atom is 0.458 e. The van der Waals surface area contributed by atoms with Gasteiger partial charge in [-0.05, 0) is 17.7 Å². The van der Waals surface area contributed by atoms with E-state index in [1.165, 1.54) is 24.3 Å². The Kier molecular flexibility index (Phi) is 4.14. The lowest BCUT2D eigenvalue weighted by molar-refractivity contribution is -0.355. The minimum atomic E-state index is -5.01. The molecule has 1 N–H and O–H groups in total. The van der Waals surface area contributed by atoms with E-state index in [-0.39, 0.29) is 17.0 Å². The average molecular weight is 377 g/mol. The number of hydrogen-bond acceptors (Lipinski definition) is 5. The second-order valence-electron chi connectivity index (χ2n) is 5.47. The van der Waals surface area contributed by atoms with Gasteiger partial charge in [0, 0.05) is 5.56 Å². The highest BCUT2D eigenvalue weighted by molar-refractivity contribution is 6.01. The molecule has 1 unspecified atom stereocenters. The highest BCUT2D eigenvalue weighted by atomic mass is 19.4. The van der Waals surface area contributed by atoms with Gasteiger partial charge >= 0.3 is 18.1 Å². The fourth-order valence-electron chi connectivity index (χ4n) is 2.20. The molecule has 1 atom stereocenters. The van der Waals surface area contributed by atoms with Crippen molar-refractivity contribution in [1.82, 2.24) is 10.2 Å². The van der Waals surface area contributed by atoms with E-state index in [4.69, 9.17) is 0 Å². The molecule has 5 nitrogen and oxygen atoms in total. The van der Waals surface area contributed by atoms with Gasteiger partial charge in [-0.25, -0.2) is 0 Å². The first-order valence-corrected chi connectivity index (χ1v) is 7.05. The van der Waals surface area contributed by atoms with Crippen molar-refractivity contribution in [3.05, 3.63) is 47.7 Å². The standard InChI is InChI=1S/C15H9F6N3O2/c16-14(17,18)12-6-5-10(22-23-12)8-1-3-9(4-2-8)11-7-13(25,26-24-11)15(19,20)21/h1-6,25H,7H2. The predicted octanol–water partition coefficient (Wildman–Crippen LogP) is 3.54. The fourth-order valence-corrected chi connectivity index (χ4v) is 2.20. The van der Waals surface area contributed by atoms with Crippen LogP contribution in [0.1, 0.15) is 17.7 Å². The van der Waals surface area contributed by atoms with Crippen molar-refractivity contribution in [3.63, 3.8) is 0 Å². The van der Waals surface area contributed by atoms with Crippen LogP contribution in [0.15, 0.2) is 41.6 Å².